The predicted octanol–water partition coefficient (Wildman–Crippen LogP) is 12.2. The first-order valence-corrected chi connectivity index (χ1v) is 16.1. The number of nitrogens with two attached hydrogens (primary N) is 1. The van der Waals surface area contributed by atoms with Gasteiger partial charge in [0.1, 0.15) is 0 Å². The van der Waals surface area contributed by atoms with Gasteiger partial charge in [0.2, 0.25) is 0 Å². The van der Waals surface area contributed by atoms with Gasteiger partial charge >= 0.3 is 0 Å². The molecule has 0 aromatic carbocycles. The molecule has 0 rings (SSSR count). The van der Waals surface area contributed by atoms with Crippen molar-refractivity contribution < 1.29 is 0 Å². The van der Waals surface area contributed by atoms with Gasteiger partial charge in [0.25, 0.3) is 0 Å². The molecule has 0 bridgehead atoms. The van der Waals surface area contributed by atoms with Crippen LogP contribution in [0, 0.1) is 11.3 Å². The molecular formula is C33H70ClN. The lowest BCUT2D eigenvalue weighted by Crippen LogP contribution is -2.55. The molecule has 0 aliphatic heterocycles. The number of hydrogen-bond donors (Lipinski definition) is 1. The molecule has 2 atom stereocenters. The van der Waals surface area contributed by atoms with E-state index < -0.39 is 0 Å². The number of hydrogen-bond acceptors (Lipinski definition) is 1. The standard InChI is InChI=1S/C33H69N.ClH/c1-7-10-12-14-16-18-20-21-23-25-27-29-31(4)32(5,6)33(34,9-3)30-28-26-24-22-19-17-15-13-11-8-2;/h31H,7-30,34H2,1-6H3;1H. The van der Waals surface area contributed by atoms with Crippen molar-refractivity contribution in [2.45, 2.75) is 201 Å². The second kappa shape index (κ2) is 24.6. The van der Waals surface area contributed by atoms with E-state index in [1.54, 1.807) is 0 Å². The summed E-state index contributed by atoms with van der Waals surface area (Å²) >= 11 is 0. The Morgan fingerprint density at radius 3 is 1.17 bits per heavy atom. The molecule has 214 valence electrons. The van der Waals surface area contributed by atoms with Gasteiger partial charge < -0.3 is 5.73 Å². The van der Waals surface area contributed by atoms with Crippen molar-refractivity contribution in [2.75, 3.05) is 0 Å². The SMILES string of the molecule is CCCCCCCCCCCCCC(C)C(C)(C)C(N)(CC)CCCCCCCCCCCC.Cl. The maximum Gasteiger partial charge on any atom is 0.0206 e. The van der Waals surface area contributed by atoms with Crippen molar-refractivity contribution in [2.24, 2.45) is 17.1 Å². The van der Waals surface area contributed by atoms with Crippen LogP contribution in [0.4, 0.5) is 0 Å². The highest BCUT2D eigenvalue weighted by molar-refractivity contribution is 5.85. The molecule has 2 unspecified atom stereocenters. The van der Waals surface area contributed by atoms with Gasteiger partial charge in [-0.1, -0.05) is 183 Å². The first kappa shape index (κ1) is 37.4. The Morgan fingerprint density at radius 2 is 0.829 bits per heavy atom. The summed E-state index contributed by atoms with van der Waals surface area (Å²) in [6, 6.07) is 0. The zero-order valence-electron chi connectivity index (χ0n) is 25.5. The second-order valence-corrected chi connectivity index (χ2v) is 12.4. The van der Waals surface area contributed by atoms with Crippen LogP contribution in [0.5, 0.6) is 0 Å². The molecule has 0 aromatic heterocycles. The van der Waals surface area contributed by atoms with Gasteiger partial charge in [0.15, 0.2) is 0 Å². The molecular weight excluding hydrogens is 446 g/mol. The summed E-state index contributed by atoms with van der Waals surface area (Å²) in [6.45, 7) is 14.3. The highest BCUT2D eigenvalue weighted by Gasteiger charge is 2.42. The Bertz CT molecular complexity index is 421. The molecule has 0 radical (unpaired) electrons. The lowest BCUT2D eigenvalue weighted by molar-refractivity contribution is 0.0708. The fourth-order valence-corrected chi connectivity index (χ4v) is 5.85. The summed E-state index contributed by atoms with van der Waals surface area (Å²) in [5.41, 5.74) is 7.33. The topological polar surface area (TPSA) is 26.0 Å². The Hall–Kier alpha value is 0.250. The summed E-state index contributed by atoms with van der Waals surface area (Å²) in [5, 5.41) is 0. The maximum absolute atomic E-state index is 7.11. The van der Waals surface area contributed by atoms with Crippen molar-refractivity contribution in [3.63, 3.8) is 0 Å². The summed E-state index contributed by atoms with van der Waals surface area (Å²) < 4.78 is 0. The van der Waals surface area contributed by atoms with Gasteiger partial charge in [-0.2, -0.15) is 0 Å². The van der Waals surface area contributed by atoms with Crippen LogP contribution in [0.15, 0.2) is 0 Å². The van der Waals surface area contributed by atoms with Crippen molar-refractivity contribution in [3.8, 4) is 0 Å². The lowest BCUT2D eigenvalue weighted by Gasteiger charge is -2.48. The number of unbranched alkanes of at least 4 members (excludes halogenated alkanes) is 19. The van der Waals surface area contributed by atoms with Crippen LogP contribution in [-0.2, 0) is 0 Å². The molecule has 0 saturated heterocycles. The van der Waals surface area contributed by atoms with Gasteiger partial charge in [-0.05, 0) is 24.2 Å². The molecule has 35 heavy (non-hydrogen) atoms. The van der Waals surface area contributed by atoms with E-state index in [0.717, 1.165) is 6.42 Å². The molecule has 0 aromatic rings. The van der Waals surface area contributed by atoms with Gasteiger partial charge in [-0.15, -0.1) is 12.4 Å². The van der Waals surface area contributed by atoms with E-state index in [0.29, 0.717) is 5.92 Å². The predicted molar refractivity (Wildman–Crippen MR) is 165 cm³/mol. The second-order valence-electron chi connectivity index (χ2n) is 12.4. The van der Waals surface area contributed by atoms with Crippen LogP contribution in [0.25, 0.3) is 0 Å². The van der Waals surface area contributed by atoms with Gasteiger partial charge in [-0.25, -0.2) is 0 Å². The maximum atomic E-state index is 7.11. The van der Waals surface area contributed by atoms with E-state index >= 15 is 0 Å². The molecule has 0 aliphatic rings. The van der Waals surface area contributed by atoms with Crippen molar-refractivity contribution in [3.05, 3.63) is 0 Å². The third-order valence-electron chi connectivity index (χ3n) is 9.36. The smallest absolute Gasteiger partial charge is 0.0206 e. The molecule has 0 fully saturated rings. The first-order valence-electron chi connectivity index (χ1n) is 16.1. The Balaban J connectivity index is 0. The van der Waals surface area contributed by atoms with Crippen LogP contribution >= 0.6 is 12.4 Å². The van der Waals surface area contributed by atoms with E-state index in [4.69, 9.17) is 5.73 Å². The van der Waals surface area contributed by atoms with Crippen LogP contribution in [-0.4, -0.2) is 5.54 Å². The van der Waals surface area contributed by atoms with Crippen LogP contribution in [0.3, 0.4) is 0 Å². The fourth-order valence-electron chi connectivity index (χ4n) is 5.85. The fraction of sp³-hybridized carbons (Fsp3) is 1.00. The van der Waals surface area contributed by atoms with Crippen molar-refractivity contribution in [1.82, 2.24) is 0 Å². The van der Waals surface area contributed by atoms with E-state index in [1.807, 2.05) is 0 Å². The van der Waals surface area contributed by atoms with E-state index in [2.05, 4.69) is 41.5 Å². The third kappa shape index (κ3) is 18.2. The van der Waals surface area contributed by atoms with Crippen molar-refractivity contribution >= 4 is 12.4 Å². The van der Waals surface area contributed by atoms with Crippen LogP contribution in [0.2, 0.25) is 0 Å². The van der Waals surface area contributed by atoms with Crippen LogP contribution < -0.4 is 5.73 Å². The summed E-state index contributed by atoms with van der Waals surface area (Å²) in [7, 11) is 0. The van der Waals surface area contributed by atoms with Gasteiger partial charge in [0.05, 0.1) is 0 Å². The zero-order valence-corrected chi connectivity index (χ0v) is 26.4. The number of halogens is 1. The minimum Gasteiger partial charge on any atom is -0.325 e. The average molecular weight is 516 g/mol. The highest BCUT2D eigenvalue weighted by Crippen LogP contribution is 2.43. The first-order chi connectivity index (χ1) is 16.4. The van der Waals surface area contributed by atoms with Crippen LogP contribution in [0.1, 0.15) is 196 Å². The molecule has 2 heteroatoms. The van der Waals surface area contributed by atoms with Crippen molar-refractivity contribution in [1.29, 1.82) is 0 Å². The minimum atomic E-state index is -0.00958. The molecule has 1 nitrogen and oxygen atoms in total. The summed E-state index contributed by atoms with van der Waals surface area (Å²) in [6.07, 6.45) is 33.5. The van der Waals surface area contributed by atoms with E-state index in [1.165, 1.54) is 148 Å². The average Bonchev–Trinajstić information content (AvgIpc) is 2.83. The molecule has 0 amide bonds. The van der Waals surface area contributed by atoms with E-state index in [9.17, 15) is 0 Å². The molecule has 0 aliphatic carbocycles. The molecule has 0 saturated carbocycles. The van der Waals surface area contributed by atoms with E-state index in [-0.39, 0.29) is 23.4 Å². The molecule has 0 heterocycles. The molecule has 2 N–H and O–H groups in total. The summed E-state index contributed by atoms with van der Waals surface area (Å²) in [5.74, 6) is 0.708. The summed E-state index contributed by atoms with van der Waals surface area (Å²) in [4.78, 5) is 0. The Kier molecular flexibility index (Phi) is 26.3. The zero-order chi connectivity index (χ0) is 25.5. The minimum absolute atomic E-state index is 0. The quantitative estimate of drug-likeness (QED) is 0.114. The Morgan fingerprint density at radius 1 is 0.514 bits per heavy atom. The largest absolute Gasteiger partial charge is 0.325 e. The van der Waals surface area contributed by atoms with Gasteiger partial charge in [-0.3, -0.25) is 0 Å². The van der Waals surface area contributed by atoms with Gasteiger partial charge in [0, 0.05) is 5.54 Å². The molecule has 0 spiro atoms. The monoisotopic (exact) mass is 516 g/mol. The highest BCUT2D eigenvalue weighted by atomic mass is 35.5. The lowest BCUT2D eigenvalue weighted by atomic mass is 9.61. The number of rotatable bonds is 26. The normalized spacial score (nSPS) is 14.5. The Labute approximate surface area is 230 Å². The third-order valence-corrected chi connectivity index (χ3v) is 9.36.